The van der Waals surface area contributed by atoms with Gasteiger partial charge in [-0.1, -0.05) is 0 Å². The molecule has 32 heavy (non-hydrogen) atoms. The van der Waals surface area contributed by atoms with Crippen molar-refractivity contribution in [1.29, 1.82) is 0 Å². The largest absolute Gasteiger partial charge is 0.393 e. The second kappa shape index (κ2) is 8.51. The van der Waals surface area contributed by atoms with E-state index >= 15 is 0 Å². The maximum absolute atomic E-state index is 13.5. The van der Waals surface area contributed by atoms with Crippen LogP contribution in [0, 0.1) is 44.7 Å². The molecule has 0 bridgehead atoms. The van der Waals surface area contributed by atoms with Crippen LogP contribution >= 0.6 is 0 Å². The first-order chi connectivity index (χ1) is 14.9. The number of rotatable bonds is 4. The van der Waals surface area contributed by atoms with Gasteiger partial charge in [0.05, 0.1) is 9.82 Å². The average molecular weight is 461 g/mol. The number of nitrogens with zero attached hydrogens (tertiary/aromatic N) is 3. The van der Waals surface area contributed by atoms with Crippen molar-refractivity contribution < 1.29 is 18.1 Å². The standard InChI is InChI=1S/C22H28N4O5S/c1-13-14(2)16(4)21(17(5)15(13)3)32(30,31)25-10-8-24(9-11-25)22(27)18-6-7-19(23)20(12-18)26(28)29/h6-7,12H,8-11,23H2,1-5H3. The van der Waals surface area contributed by atoms with Gasteiger partial charge in [-0.3, -0.25) is 14.9 Å². The molecule has 0 atom stereocenters. The Morgan fingerprint density at radius 2 is 1.44 bits per heavy atom. The van der Waals surface area contributed by atoms with Crippen molar-refractivity contribution in [1.82, 2.24) is 9.21 Å². The molecule has 172 valence electrons. The molecule has 0 unspecified atom stereocenters. The molecule has 1 saturated heterocycles. The molecule has 0 aromatic heterocycles. The van der Waals surface area contributed by atoms with E-state index in [1.165, 1.54) is 21.3 Å². The summed E-state index contributed by atoms with van der Waals surface area (Å²) >= 11 is 0. The highest BCUT2D eigenvalue weighted by molar-refractivity contribution is 7.89. The van der Waals surface area contributed by atoms with Crippen molar-refractivity contribution in [2.45, 2.75) is 39.5 Å². The lowest BCUT2D eigenvalue weighted by molar-refractivity contribution is -0.383. The molecule has 1 amide bonds. The SMILES string of the molecule is Cc1c(C)c(C)c(S(=O)(=O)N2CCN(C(=O)c3ccc(N)c([N+](=O)[O-])c3)CC2)c(C)c1C. The van der Waals surface area contributed by atoms with Crippen LogP contribution in [0.1, 0.15) is 38.2 Å². The Balaban J connectivity index is 1.83. The highest BCUT2D eigenvalue weighted by Gasteiger charge is 2.34. The minimum absolute atomic E-state index is 0.0168. The molecule has 1 heterocycles. The maximum Gasteiger partial charge on any atom is 0.292 e. The normalized spacial score (nSPS) is 15.1. The third-order valence-electron chi connectivity index (χ3n) is 6.53. The van der Waals surface area contributed by atoms with E-state index in [1.807, 2.05) is 34.6 Å². The van der Waals surface area contributed by atoms with Crippen LogP contribution in [0.15, 0.2) is 23.1 Å². The van der Waals surface area contributed by atoms with Crippen LogP contribution in [0.4, 0.5) is 11.4 Å². The Bertz CT molecular complexity index is 1190. The van der Waals surface area contributed by atoms with Gasteiger partial charge < -0.3 is 10.6 Å². The quantitative estimate of drug-likeness (QED) is 0.425. The predicted octanol–water partition coefficient (Wildman–Crippen LogP) is 2.87. The van der Waals surface area contributed by atoms with E-state index in [9.17, 15) is 23.3 Å². The highest BCUT2D eigenvalue weighted by atomic mass is 32.2. The van der Waals surface area contributed by atoms with Gasteiger partial charge in [0.1, 0.15) is 5.69 Å². The van der Waals surface area contributed by atoms with Gasteiger partial charge in [0.2, 0.25) is 10.0 Å². The molecule has 2 aromatic rings. The molecule has 3 rings (SSSR count). The van der Waals surface area contributed by atoms with Gasteiger partial charge in [-0.05, 0) is 74.6 Å². The lowest BCUT2D eigenvalue weighted by Crippen LogP contribution is -2.50. The number of sulfonamides is 1. The molecule has 0 radical (unpaired) electrons. The van der Waals surface area contributed by atoms with Crippen LogP contribution in [-0.4, -0.2) is 54.6 Å². The number of nitrogens with two attached hydrogens (primary N) is 1. The second-order valence-corrected chi connectivity index (χ2v) is 10.1. The number of carbonyl (C=O) groups is 1. The molecule has 10 heteroatoms. The third-order valence-corrected chi connectivity index (χ3v) is 8.70. The third kappa shape index (κ3) is 3.95. The Morgan fingerprint density at radius 1 is 0.938 bits per heavy atom. The molecule has 9 nitrogen and oxygen atoms in total. The lowest BCUT2D eigenvalue weighted by Gasteiger charge is -2.35. The smallest absolute Gasteiger partial charge is 0.292 e. The number of nitrogen functional groups attached to an aromatic ring is 1. The fourth-order valence-electron chi connectivity index (χ4n) is 4.13. The van der Waals surface area contributed by atoms with E-state index in [-0.39, 0.29) is 49.0 Å². The number of nitro groups is 1. The number of benzene rings is 2. The molecular weight excluding hydrogens is 432 g/mol. The van der Waals surface area contributed by atoms with Crippen molar-refractivity contribution in [2.24, 2.45) is 0 Å². The Labute approximate surface area is 188 Å². The van der Waals surface area contributed by atoms with E-state index in [1.54, 1.807) is 0 Å². The summed E-state index contributed by atoms with van der Waals surface area (Å²) < 4.78 is 28.4. The zero-order chi connectivity index (χ0) is 24.0. The lowest BCUT2D eigenvalue weighted by atomic mass is 9.95. The molecule has 2 aromatic carbocycles. The molecule has 0 saturated carbocycles. The van der Waals surface area contributed by atoms with Crippen LogP contribution in [0.25, 0.3) is 0 Å². The number of amides is 1. The van der Waals surface area contributed by atoms with Crippen molar-refractivity contribution in [3.8, 4) is 0 Å². The highest BCUT2D eigenvalue weighted by Crippen LogP contribution is 2.32. The van der Waals surface area contributed by atoms with Crippen LogP contribution in [0.5, 0.6) is 0 Å². The summed E-state index contributed by atoms with van der Waals surface area (Å²) in [7, 11) is -3.73. The van der Waals surface area contributed by atoms with Crippen LogP contribution < -0.4 is 5.73 Å². The van der Waals surface area contributed by atoms with Gasteiger partial charge in [-0.25, -0.2) is 8.42 Å². The summed E-state index contributed by atoms with van der Waals surface area (Å²) in [4.78, 5) is 25.2. The topological polar surface area (TPSA) is 127 Å². The van der Waals surface area contributed by atoms with Crippen LogP contribution in [-0.2, 0) is 10.0 Å². The van der Waals surface area contributed by atoms with E-state index in [4.69, 9.17) is 5.73 Å². The first-order valence-electron chi connectivity index (χ1n) is 10.3. The minimum atomic E-state index is -3.73. The minimum Gasteiger partial charge on any atom is -0.393 e. The summed E-state index contributed by atoms with van der Waals surface area (Å²) in [6.45, 7) is 10.2. The summed E-state index contributed by atoms with van der Waals surface area (Å²) in [5, 5.41) is 11.1. The van der Waals surface area contributed by atoms with E-state index in [0.717, 1.165) is 33.9 Å². The zero-order valence-electron chi connectivity index (χ0n) is 18.9. The van der Waals surface area contributed by atoms with Crippen LogP contribution in [0.2, 0.25) is 0 Å². The fraction of sp³-hybridized carbons (Fsp3) is 0.409. The first-order valence-corrected chi connectivity index (χ1v) is 11.7. The van der Waals surface area contributed by atoms with Gasteiger partial charge >= 0.3 is 0 Å². The average Bonchev–Trinajstić information content (AvgIpc) is 2.76. The maximum atomic E-state index is 13.5. The summed E-state index contributed by atoms with van der Waals surface area (Å²) in [6, 6.07) is 3.93. The van der Waals surface area contributed by atoms with Crippen molar-refractivity contribution >= 4 is 27.3 Å². The Hall–Kier alpha value is -2.98. The van der Waals surface area contributed by atoms with Crippen LogP contribution in [0.3, 0.4) is 0 Å². The summed E-state index contributed by atoms with van der Waals surface area (Å²) in [6.07, 6.45) is 0. The Kier molecular flexibility index (Phi) is 6.30. The van der Waals surface area contributed by atoms with E-state index in [2.05, 4.69) is 0 Å². The van der Waals surface area contributed by atoms with Gasteiger partial charge in [-0.15, -0.1) is 0 Å². The second-order valence-electron chi connectivity index (χ2n) is 8.18. The number of carbonyl (C=O) groups excluding carboxylic acids is 1. The van der Waals surface area contributed by atoms with Gasteiger partial charge in [0.25, 0.3) is 11.6 Å². The number of nitro benzene ring substituents is 1. The van der Waals surface area contributed by atoms with Crippen molar-refractivity contribution in [2.75, 3.05) is 31.9 Å². The monoisotopic (exact) mass is 460 g/mol. The number of anilines is 1. The van der Waals surface area contributed by atoms with Gasteiger partial charge in [0.15, 0.2) is 0 Å². The number of piperazine rings is 1. The number of hydrogen-bond acceptors (Lipinski definition) is 6. The zero-order valence-corrected chi connectivity index (χ0v) is 19.7. The summed E-state index contributed by atoms with van der Waals surface area (Å²) in [5.41, 5.74) is 9.93. The fourth-order valence-corrected chi connectivity index (χ4v) is 6.11. The molecular formula is C22H28N4O5S. The molecule has 0 spiro atoms. The molecule has 1 fully saturated rings. The molecule has 2 N–H and O–H groups in total. The molecule has 1 aliphatic heterocycles. The van der Waals surface area contributed by atoms with E-state index in [0.29, 0.717) is 4.90 Å². The predicted molar refractivity (Wildman–Crippen MR) is 122 cm³/mol. The van der Waals surface area contributed by atoms with Crippen molar-refractivity contribution in [3.63, 3.8) is 0 Å². The number of hydrogen-bond donors (Lipinski definition) is 1. The van der Waals surface area contributed by atoms with E-state index < -0.39 is 14.9 Å². The Morgan fingerprint density at radius 3 is 1.94 bits per heavy atom. The molecule has 0 aliphatic carbocycles. The summed E-state index contributed by atoms with van der Waals surface area (Å²) in [5.74, 6) is -0.389. The van der Waals surface area contributed by atoms with Crippen molar-refractivity contribution in [3.05, 3.63) is 61.7 Å². The molecule has 1 aliphatic rings. The van der Waals surface area contributed by atoms with Gasteiger partial charge in [-0.2, -0.15) is 4.31 Å². The first kappa shape index (κ1) is 23.7. The van der Waals surface area contributed by atoms with Gasteiger partial charge in [0, 0.05) is 37.8 Å².